The molecule has 0 spiro atoms. The second-order valence-corrected chi connectivity index (χ2v) is 6.76. The lowest BCUT2D eigenvalue weighted by atomic mass is 10.1. The Hall–Kier alpha value is -4.46. The fourth-order valence-corrected chi connectivity index (χ4v) is 3.05. The predicted molar refractivity (Wildman–Crippen MR) is 122 cm³/mol. The van der Waals surface area contributed by atoms with Gasteiger partial charge in [0.15, 0.2) is 0 Å². The minimum Gasteiger partial charge on any atom is -0.497 e. The summed E-state index contributed by atoms with van der Waals surface area (Å²) >= 11 is 0. The van der Waals surface area contributed by atoms with Gasteiger partial charge < -0.3 is 20.1 Å². The van der Waals surface area contributed by atoms with E-state index in [9.17, 15) is 4.79 Å². The molecule has 4 aromatic rings. The second-order valence-electron chi connectivity index (χ2n) is 6.76. The minimum atomic E-state index is -0.282. The third-order valence-electron chi connectivity index (χ3n) is 4.62. The summed E-state index contributed by atoms with van der Waals surface area (Å²) in [6, 6.07) is 17.9. The highest BCUT2D eigenvalue weighted by Gasteiger charge is 2.11. The van der Waals surface area contributed by atoms with Gasteiger partial charge in [-0.1, -0.05) is 6.07 Å². The molecule has 0 saturated carbocycles. The van der Waals surface area contributed by atoms with E-state index < -0.39 is 0 Å². The normalized spacial score (nSPS) is 10.3. The summed E-state index contributed by atoms with van der Waals surface area (Å²) in [7, 11) is 3.08. The number of nitrogens with one attached hydrogen (secondary N) is 2. The van der Waals surface area contributed by atoms with Gasteiger partial charge in [0.2, 0.25) is 5.95 Å². The first-order chi connectivity index (χ1) is 15.6. The molecule has 0 radical (unpaired) electrons. The van der Waals surface area contributed by atoms with Gasteiger partial charge in [-0.3, -0.25) is 9.78 Å². The van der Waals surface area contributed by atoms with Crippen molar-refractivity contribution in [1.29, 1.82) is 0 Å². The Labute approximate surface area is 185 Å². The van der Waals surface area contributed by atoms with Crippen molar-refractivity contribution < 1.29 is 14.3 Å². The van der Waals surface area contributed by atoms with E-state index in [2.05, 4.69) is 25.6 Å². The number of anilines is 3. The number of aromatic nitrogens is 3. The van der Waals surface area contributed by atoms with Crippen LogP contribution in [0.25, 0.3) is 11.3 Å². The molecule has 2 aromatic heterocycles. The van der Waals surface area contributed by atoms with Crippen LogP contribution in [0.4, 0.5) is 17.3 Å². The molecule has 160 valence electrons. The third kappa shape index (κ3) is 4.99. The van der Waals surface area contributed by atoms with Crippen LogP contribution in [0, 0.1) is 0 Å². The Morgan fingerprint density at radius 3 is 2.28 bits per heavy atom. The van der Waals surface area contributed by atoms with Crippen LogP contribution in [-0.2, 0) is 0 Å². The summed E-state index contributed by atoms with van der Waals surface area (Å²) in [4.78, 5) is 25.6. The molecule has 2 N–H and O–H groups in total. The number of rotatable bonds is 7. The SMILES string of the molecule is COc1cc(OC)cc(C(=O)Nc2cccc(Nc3nccc(-c4ccncc4)n3)c2)c1. The molecule has 8 nitrogen and oxygen atoms in total. The number of amides is 1. The first kappa shape index (κ1) is 20.8. The first-order valence-corrected chi connectivity index (χ1v) is 9.79. The summed E-state index contributed by atoms with van der Waals surface area (Å²) in [6.45, 7) is 0. The van der Waals surface area contributed by atoms with Crippen molar-refractivity contribution in [3.63, 3.8) is 0 Å². The molecule has 1 amide bonds. The van der Waals surface area contributed by atoms with Crippen LogP contribution in [0.15, 0.2) is 79.3 Å². The summed E-state index contributed by atoms with van der Waals surface area (Å²) in [5.41, 5.74) is 3.50. The van der Waals surface area contributed by atoms with E-state index in [4.69, 9.17) is 9.47 Å². The zero-order valence-corrected chi connectivity index (χ0v) is 17.6. The smallest absolute Gasteiger partial charge is 0.255 e. The molecule has 2 heterocycles. The molecule has 32 heavy (non-hydrogen) atoms. The molecule has 0 bridgehead atoms. The zero-order valence-electron chi connectivity index (χ0n) is 17.6. The fraction of sp³-hybridized carbons (Fsp3) is 0.0833. The number of carbonyl (C=O) groups excluding carboxylic acids is 1. The van der Waals surface area contributed by atoms with Gasteiger partial charge in [0.25, 0.3) is 5.91 Å². The Balaban J connectivity index is 1.50. The Morgan fingerprint density at radius 2 is 1.56 bits per heavy atom. The van der Waals surface area contributed by atoms with E-state index >= 15 is 0 Å². The highest BCUT2D eigenvalue weighted by atomic mass is 16.5. The fourth-order valence-electron chi connectivity index (χ4n) is 3.05. The Kier molecular flexibility index (Phi) is 6.22. The molecule has 4 rings (SSSR count). The summed E-state index contributed by atoms with van der Waals surface area (Å²) in [6.07, 6.45) is 5.12. The average Bonchev–Trinajstić information content (AvgIpc) is 2.84. The van der Waals surface area contributed by atoms with Gasteiger partial charge >= 0.3 is 0 Å². The zero-order chi connectivity index (χ0) is 22.3. The van der Waals surface area contributed by atoms with Gasteiger partial charge in [-0.15, -0.1) is 0 Å². The number of pyridine rings is 1. The Bertz CT molecular complexity index is 1210. The lowest BCUT2D eigenvalue weighted by molar-refractivity contribution is 0.102. The number of methoxy groups -OCH3 is 2. The van der Waals surface area contributed by atoms with Gasteiger partial charge in [-0.25, -0.2) is 9.97 Å². The maximum atomic E-state index is 12.7. The standard InChI is InChI=1S/C24H21N5O3/c1-31-20-12-17(13-21(15-20)32-2)23(30)27-18-4-3-5-19(14-18)28-24-26-11-8-22(29-24)16-6-9-25-10-7-16/h3-15H,1-2H3,(H,27,30)(H,26,28,29). The van der Waals surface area contributed by atoms with Crippen molar-refractivity contribution in [2.45, 2.75) is 0 Å². The van der Waals surface area contributed by atoms with Crippen molar-refractivity contribution in [3.8, 4) is 22.8 Å². The van der Waals surface area contributed by atoms with Crippen molar-refractivity contribution in [2.24, 2.45) is 0 Å². The van der Waals surface area contributed by atoms with Gasteiger partial charge in [0.05, 0.1) is 19.9 Å². The Morgan fingerprint density at radius 1 is 0.844 bits per heavy atom. The third-order valence-corrected chi connectivity index (χ3v) is 4.62. The molecular formula is C24H21N5O3. The van der Waals surface area contributed by atoms with E-state index in [1.807, 2.05) is 30.3 Å². The number of benzene rings is 2. The van der Waals surface area contributed by atoms with Gasteiger partial charge in [-0.2, -0.15) is 0 Å². The van der Waals surface area contributed by atoms with Crippen molar-refractivity contribution in [2.75, 3.05) is 24.9 Å². The topological polar surface area (TPSA) is 98.3 Å². The lowest BCUT2D eigenvalue weighted by Gasteiger charge is -2.11. The van der Waals surface area contributed by atoms with Crippen LogP contribution in [-0.4, -0.2) is 35.1 Å². The monoisotopic (exact) mass is 427 g/mol. The van der Waals surface area contributed by atoms with Crippen LogP contribution in [0.3, 0.4) is 0 Å². The first-order valence-electron chi connectivity index (χ1n) is 9.79. The van der Waals surface area contributed by atoms with Crippen molar-refractivity contribution in [3.05, 3.63) is 84.8 Å². The maximum Gasteiger partial charge on any atom is 0.255 e. The quantitative estimate of drug-likeness (QED) is 0.446. The van der Waals surface area contributed by atoms with E-state index in [0.717, 1.165) is 16.9 Å². The molecule has 0 unspecified atom stereocenters. The highest BCUT2D eigenvalue weighted by Crippen LogP contribution is 2.24. The number of hydrogen-bond acceptors (Lipinski definition) is 7. The van der Waals surface area contributed by atoms with Crippen LogP contribution in [0.2, 0.25) is 0 Å². The van der Waals surface area contributed by atoms with Gasteiger partial charge in [0.1, 0.15) is 11.5 Å². The molecule has 8 heteroatoms. The maximum absolute atomic E-state index is 12.7. The van der Waals surface area contributed by atoms with E-state index in [0.29, 0.717) is 28.7 Å². The number of hydrogen-bond donors (Lipinski definition) is 2. The summed E-state index contributed by atoms with van der Waals surface area (Å²) < 4.78 is 10.5. The number of ether oxygens (including phenoxy) is 2. The predicted octanol–water partition coefficient (Wildman–Crippen LogP) is 4.55. The molecule has 0 saturated heterocycles. The summed E-state index contributed by atoms with van der Waals surface area (Å²) in [5, 5.41) is 6.06. The van der Waals surface area contributed by atoms with Crippen LogP contribution in [0.1, 0.15) is 10.4 Å². The van der Waals surface area contributed by atoms with Gasteiger partial charge in [-0.05, 0) is 48.5 Å². The molecule has 0 fully saturated rings. The van der Waals surface area contributed by atoms with Crippen LogP contribution >= 0.6 is 0 Å². The highest BCUT2D eigenvalue weighted by molar-refractivity contribution is 6.05. The molecule has 0 aliphatic rings. The van der Waals surface area contributed by atoms with Crippen LogP contribution < -0.4 is 20.1 Å². The summed E-state index contributed by atoms with van der Waals surface area (Å²) in [5.74, 6) is 1.24. The molecule has 2 aromatic carbocycles. The largest absolute Gasteiger partial charge is 0.497 e. The van der Waals surface area contributed by atoms with Crippen LogP contribution in [0.5, 0.6) is 11.5 Å². The van der Waals surface area contributed by atoms with Crippen molar-refractivity contribution in [1.82, 2.24) is 15.0 Å². The lowest BCUT2D eigenvalue weighted by Crippen LogP contribution is -2.12. The average molecular weight is 427 g/mol. The molecule has 0 aliphatic heterocycles. The number of nitrogens with zero attached hydrogens (tertiary/aromatic N) is 3. The second kappa shape index (κ2) is 9.57. The molecule has 0 aliphatic carbocycles. The van der Waals surface area contributed by atoms with Crippen molar-refractivity contribution >= 4 is 23.2 Å². The van der Waals surface area contributed by atoms with E-state index in [1.54, 1.807) is 48.9 Å². The number of carbonyl (C=O) groups is 1. The minimum absolute atomic E-state index is 0.282. The molecular weight excluding hydrogens is 406 g/mol. The van der Waals surface area contributed by atoms with E-state index in [1.165, 1.54) is 14.2 Å². The molecule has 0 atom stereocenters. The van der Waals surface area contributed by atoms with Gasteiger partial charge in [0, 0.05) is 47.2 Å². The van der Waals surface area contributed by atoms with E-state index in [-0.39, 0.29) is 5.91 Å².